The topological polar surface area (TPSA) is 76.8 Å². The minimum absolute atomic E-state index is 0.0236. The second-order valence-electron chi connectivity index (χ2n) is 5.66. The number of halogens is 1. The molecule has 0 aromatic heterocycles. The molecule has 0 saturated carbocycles. The number of ether oxygens (including phenoxy) is 1. The number of nitro benzene ring substituents is 1. The van der Waals surface area contributed by atoms with E-state index in [1.54, 1.807) is 30.5 Å². The maximum absolute atomic E-state index is 12.9. The van der Waals surface area contributed by atoms with E-state index in [0.29, 0.717) is 18.0 Å². The van der Waals surface area contributed by atoms with Crippen molar-refractivity contribution in [2.24, 2.45) is 5.10 Å². The molecule has 0 amide bonds. The van der Waals surface area contributed by atoms with Crippen LogP contribution in [-0.2, 0) is 6.61 Å². The lowest BCUT2D eigenvalue weighted by Crippen LogP contribution is -1.96. The first-order chi connectivity index (χ1) is 13.1. The van der Waals surface area contributed by atoms with Crippen molar-refractivity contribution in [3.05, 3.63) is 99.9 Å². The summed E-state index contributed by atoms with van der Waals surface area (Å²) >= 11 is 0. The number of hydrazone groups is 1. The summed E-state index contributed by atoms with van der Waals surface area (Å²) in [6.45, 7) is 0.335. The van der Waals surface area contributed by atoms with Crippen molar-refractivity contribution in [3.8, 4) is 5.75 Å². The molecule has 0 spiro atoms. The van der Waals surface area contributed by atoms with E-state index in [0.717, 1.165) is 11.1 Å². The summed E-state index contributed by atoms with van der Waals surface area (Å²) in [4.78, 5) is 10.2. The molecule has 3 rings (SSSR count). The van der Waals surface area contributed by atoms with Gasteiger partial charge in [0.25, 0.3) is 5.69 Å². The van der Waals surface area contributed by atoms with Gasteiger partial charge in [-0.05, 0) is 47.5 Å². The Morgan fingerprint density at radius 1 is 1.07 bits per heavy atom. The number of nitrogens with one attached hydrogen (secondary N) is 1. The summed E-state index contributed by atoms with van der Waals surface area (Å²) in [5.41, 5.74) is 5.17. The molecule has 1 N–H and O–H groups in total. The van der Waals surface area contributed by atoms with Crippen molar-refractivity contribution in [3.63, 3.8) is 0 Å². The van der Waals surface area contributed by atoms with Gasteiger partial charge in [0.05, 0.1) is 16.8 Å². The molecule has 3 aromatic rings. The van der Waals surface area contributed by atoms with E-state index >= 15 is 0 Å². The first-order valence-corrected chi connectivity index (χ1v) is 8.11. The average molecular weight is 365 g/mol. The maximum atomic E-state index is 12.9. The van der Waals surface area contributed by atoms with Gasteiger partial charge in [0.2, 0.25) is 0 Å². The summed E-state index contributed by atoms with van der Waals surface area (Å²) in [5, 5.41) is 14.7. The lowest BCUT2D eigenvalue weighted by molar-refractivity contribution is -0.384. The molecule has 6 nitrogen and oxygen atoms in total. The third kappa shape index (κ3) is 5.37. The van der Waals surface area contributed by atoms with Gasteiger partial charge in [0, 0.05) is 12.1 Å². The molecule has 3 aromatic carbocycles. The number of nitro groups is 1. The molecule has 136 valence electrons. The van der Waals surface area contributed by atoms with Gasteiger partial charge in [-0.1, -0.05) is 24.3 Å². The Morgan fingerprint density at radius 3 is 2.52 bits per heavy atom. The van der Waals surface area contributed by atoms with Gasteiger partial charge in [-0.3, -0.25) is 15.5 Å². The number of anilines is 1. The Kier molecular flexibility index (Phi) is 5.73. The van der Waals surface area contributed by atoms with Crippen molar-refractivity contribution in [2.45, 2.75) is 6.61 Å². The highest BCUT2D eigenvalue weighted by atomic mass is 19.1. The van der Waals surface area contributed by atoms with Gasteiger partial charge >= 0.3 is 0 Å². The van der Waals surface area contributed by atoms with Crippen LogP contribution >= 0.6 is 0 Å². The largest absolute Gasteiger partial charge is 0.489 e. The van der Waals surface area contributed by atoms with Crippen LogP contribution < -0.4 is 10.2 Å². The molecule has 0 radical (unpaired) electrons. The Balaban J connectivity index is 1.57. The van der Waals surface area contributed by atoms with Crippen LogP contribution in [0.25, 0.3) is 0 Å². The molecule has 27 heavy (non-hydrogen) atoms. The first-order valence-electron chi connectivity index (χ1n) is 8.11. The minimum atomic E-state index is -0.454. The van der Waals surface area contributed by atoms with Crippen LogP contribution in [0.15, 0.2) is 77.9 Å². The standard InChI is InChI=1S/C20H16FN3O3/c21-17-6-4-15(5-7-17)14-27-20-3-1-2-16(12-20)13-22-23-18-8-10-19(11-9-18)24(25)26/h1-13,23H,14H2/b22-13+. The van der Waals surface area contributed by atoms with Gasteiger partial charge in [-0.2, -0.15) is 5.10 Å². The van der Waals surface area contributed by atoms with E-state index in [1.807, 2.05) is 24.3 Å². The molecule has 0 unspecified atom stereocenters. The van der Waals surface area contributed by atoms with E-state index < -0.39 is 4.92 Å². The molecule has 0 aliphatic heterocycles. The molecular weight excluding hydrogens is 349 g/mol. The second-order valence-corrected chi connectivity index (χ2v) is 5.66. The van der Waals surface area contributed by atoms with Crippen LogP contribution in [0.3, 0.4) is 0 Å². The first kappa shape index (κ1) is 18.1. The Labute approximate surface area is 155 Å². The highest BCUT2D eigenvalue weighted by molar-refractivity contribution is 5.80. The fourth-order valence-corrected chi connectivity index (χ4v) is 2.27. The average Bonchev–Trinajstić information content (AvgIpc) is 2.68. The Bertz CT molecular complexity index is 941. The lowest BCUT2D eigenvalue weighted by Gasteiger charge is -2.07. The molecule has 0 aliphatic rings. The Hall–Kier alpha value is -3.74. The normalized spacial score (nSPS) is 10.7. The monoisotopic (exact) mass is 365 g/mol. The van der Waals surface area contributed by atoms with E-state index in [4.69, 9.17) is 4.74 Å². The third-order valence-corrected chi connectivity index (χ3v) is 3.66. The van der Waals surface area contributed by atoms with Crippen molar-refractivity contribution < 1.29 is 14.1 Å². The number of nitrogens with zero attached hydrogens (tertiary/aromatic N) is 2. The van der Waals surface area contributed by atoms with Gasteiger partial charge in [-0.25, -0.2) is 4.39 Å². The molecule has 7 heteroatoms. The fourth-order valence-electron chi connectivity index (χ4n) is 2.27. The summed E-state index contributed by atoms with van der Waals surface area (Å²) < 4.78 is 18.6. The van der Waals surface area contributed by atoms with Gasteiger partial charge in [-0.15, -0.1) is 0 Å². The molecule has 0 aliphatic carbocycles. The van der Waals surface area contributed by atoms with Crippen LogP contribution in [0.4, 0.5) is 15.8 Å². The number of hydrogen-bond donors (Lipinski definition) is 1. The van der Waals surface area contributed by atoms with Crippen LogP contribution in [0.1, 0.15) is 11.1 Å². The van der Waals surface area contributed by atoms with E-state index in [2.05, 4.69) is 10.5 Å². The highest BCUT2D eigenvalue weighted by Gasteiger charge is 2.03. The van der Waals surface area contributed by atoms with Crippen molar-refractivity contribution in [2.75, 3.05) is 5.43 Å². The summed E-state index contributed by atoms with van der Waals surface area (Å²) in [5.74, 6) is 0.385. The summed E-state index contributed by atoms with van der Waals surface area (Å²) in [6, 6.07) is 19.5. The molecule has 0 saturated heterocycles. The van der Waals surface area contributed by atoms with Crippen LogP contribution in [0, 0.1) is 15.9 Å². The number of non-ortho nitro benzene ring substituents is 1. The smallest absolute Gasteiger partial charge is 0.269 e. The molecular formula is C20H16FN3O3. The number of hydrogen-bond acceptors (Lipinski definition) is 5. The zero-order valence-electron chi connectivity index (χ0n) is 14.2. The predicted molar refractivity (Wildman–Crippen MR) is 101 cm³/mol. The van der Waals surface area contributed by atoms with E-state index in [-0.39, 0.29) is 11.5 Å². The SMILES string of the molecule is O=[N+]([O-])c1ccc(N/N=C/c2cccc(OCc3ccc(F)cc3)c2)cc1. The third-order valence-electron chi connectivity index (χ3n) is 3.66. The predicted octanol–water partition coefficient (Wildman–Crippen LogP) is 4.76. The van der Waals surface area contributed by atoms with Crippen molar-refractivity contribution in [1.82, 2.24) is 0 Å². The van der Waals surface area contributed by atoms with Gasteiger partial charge in [0.1, 0.15) is 18.2 Å². The van der Waals surface area contributed by atoms with Crippen molar-refractivity contribution >= 4 is 17.6 Å². The number of rotatable bonds is 7. The fraction of sp³-hybridized carbons (Fsp3) is 0.0500. The molecule has 0 bridgehead atoms. The zero-order valence-corrected chi connectivity index (χ0v) is 14.2. The van der Waals surface area contributed by atoms with Crippen LogP contribution in [0.5, 0.6) is 5.75 Å². The maximum Gasteiger partial charge on any atom is 0.269 e. The second kappa shape index (κ2) is 8.57. The Morgan fingerprint density at radius 2 is 1.81 bits per heavy atom. The van der Waals surface area contributed by atoms with Crippen molar-refractivity contribution in [1.29, 1.82) is 0 Å². The zero-order chi connectivity index (χ0) is 19.1. The van der Waals surface area contributed by atoms with Gasteiger partial charge in [0.15, 0.2) is 0 Å². The minimum Gasteiger partial charge on any atom is -0.489 e. The van der Waals surface area contributed by atoms with E-state index in [9.17, 15) is 14.5 Å². The molecule has 0 heterocycles. The van der Waals surface area contributed by atoms with Gasteiger partial charge < -0.3 is 4.74 Å². The van der Waals surface area contributed by atoms with E-state index in [1.165, 1.54) is 24.3 Å². The quantitative estimate of drug-likeness (QED) is 0.372. The molecule has 0 atom stereocenters. The molecule has 0 fully saturated rings. The highest BCUT2D eigenvalue weighted by Crippen LogP contribution is 2.16. The van der Waals surface area contributed by atoms with Crippen LogP contribution in [0.2, 0.25) is 0 Å². The summed E-state index contributed by atoms with van der Waals surface area (Å²) in [7, 11) is 0. The van der Waals surface area contributed by atoms with Crippen LogP contribution in [-0.4, -0.2) is 11.1 Å². The summed E-state index contributed by atoms with van der Waals surface area (Å²) in [6.07, 6.45) is 1.62. The lowest BCUT2D eigenvalue weighted by atomic mass is 10.2. The number of benzene rings is 3.